The molecule has 144 valence electrons. The average Bonchev–Trinajstić information content (AvgIpc) is 2.74. The highest BCUT2D eigenvalue weighted by molar-refractivity contribution is 5.92. The molecule has 0 fully saturated rings. The fourth-order valence-corrected chi connectivity index (χ4v) is 2.49. The van der Waals surface area contributed by atoms with E-state index in [0.717, 1.165) is 11.3 Å². The van der Waals surface area contributed by atoms with Crippen molar-refractivity contribution in [2.75, 3.05) is 25.6 Å². The number of methoxy groups -OCH3 is 1. The summed E-state index contributed by atoms with van der Waals surface area (Å²) in [5, 5.41) is 10.9. The molecule has 0 aliphatic carbocycles. The minimum Gasteiger partial charge on any atom is -0.490 e. The Kier molecular flexibility index (Phi) is 6.41. The van der Waals surface area contributed by atoms with E-state index in [4.69, 9.17) is 14.2 Å². The topological polar surface area (TPSA) is 82.6 Å². The third-order valence-corrected chi connectivity index (χ3v) is 3.82. The van der Waals surface area contributed by atoms with E-state index in [-0.39, 0.29) is 12.5 Å². The molecule has 2 aromatic carbocycles. The Morgan fingerprint density at radius 1 is 0.929 bits per heavy atom. The zero-order valence-corrected chi connectivity index (χ0v) is 15.7. The molecule has 3 aromatic rings. The van der Waals surface area contributed by atoms with E-state index in [1.54, 1.807) is 37.4 Å². The summed E-state index contributed by atoms with van der Waals surface area (Å²) >= 11 is 0. The molecule has 1 N–H and O–H groups in total. The first-order chi connectivity index (χ1) is 13.7. The Morgan fingerprint density at radius 3 is 2.25 bits per heavy atom. The van der Waals surface area contributed by atoms with Gasteiger partial charge in [0.25, 0.3) is 5.91 Å². The monoisotopic (exact) mass is 379 g/mol. The van der Waals surface area contributed by atoms with Crippen LogP contribution in [0, 0.1) is 0 Å². The summed E-state index contributed by atoms with van der Waals surface area (Å²) < 4.78 is 16.1. The van der Waals surface area contributed by atoms with Crippen LogP contribution in [-0.2, 0) is 4.79 Å². The van der Waals surface area contributed by atoms with E-state index in [9.17, 15) is 4.79 Å². The number of hydrogen-bond acceptors (Lipinski definition) is 6. The first kappa shape index (κ1) is 19.2. The number of aromatic nitrogens is 2. The maximum atomic E-state index is 12.2. The van der Waals surface area contributed by atoms with Gasteiger partial charge in [0.15, 0.2) is 18.1 Å². The van der Waals surface area contributed by atoms with E-state index in [1.165, 1.54) is 0 Å². The van der Waals surface area contributed by atoms with Crippen LogP contribution in [0.2, 0.25) is 0 Å². The quantitative estimate of drug-likeness (QED) is 0.644. The molecule has 7 nitrogen and oxygen atoms in total. The minimum atomic E-state index is -0.261. The number of ether oxygens (including phenoxy) is 3. The van der Waals surface area contributed by atoms with E-state index >= 15 is 0 Å². The summed E-state index contributed by atoms with van der Waals surface area (Å²) in [4.78, 5) is 12.2. The summed E-state index contributed by atoms with van der Waals surface area (Å²) in [6.07, 6.45) is 0. The van der Waals surface area contributed by atoms with Crippen LogP contribution in [0.5, 0.6) is 17.4 Å². The molecule has 3 rings (SSSR count). The normalized spacial score (nSPS) is 10.2. The largest absolute Gasteiger partial charge is 0.490 e. The summed E-state index contributed by atoms with van der Waals surface area (Å²) in [5.74, 6) is 1.34. The van der Waals surface area contributed by atoms with Crippen molar-refractivity contribution in [2.45, 2.75) is 6.92 Å². The van der Waals surface area contributed by atoms with Crippen LogP contribution in [0.4, 0.5) is 5.69 Å². The van der Waals surface area contributed by atoms with Crippen LogP contribution >= 0.6 is 0 Å². The van der Waals surface area contributed by atoms with Crippen molar-refractivity contribution >= 4 is 11.6 Å². The Hall–Kier alpha value is -3.61. The number of benzene rings is 2. The van der Waals surface area contributed by atoms with Gasteiger partial charge in [-0.2, -0.15) is 0 Å². The minimum absolute atomic E-state index is 0.115. The number of hydrogen-bond donors (Lipinski definition) is 1. The van der Waals surface area contributed by atoms with Crippen molar-refractivity contribution in [3.8, 4) is 28.6 Å². The average molecular weight is 379 g/mol. The molecule has 28 heavy (non-hydrogen) atoms. The predicted octanol–water partition coefficient (Wildman–Crippen LogP) is 3.57. The van der Waals surface area contributed by atoms with Crippen molar-refractivity contribution in [3.05, 3.63) is 60.7 Å². The fourth-order valence-electron chi connectivity index (χ4n) is 2.49. The van der Waals surface area contributed by atoms with Gasteiger partial charge in [-0.3, -0.25) is 4.79 Å². The lowest BCUT2D eigenvalue weighted by Gasteiger charge is -2.11. The molecular weight excluding hydrogens is 358 g/mol. The maximum absolute atomic E-state index is 12.2. The van der Waals surface area contributed by atoms with Crippen molar-refractivity contribution in [3.63, 3.8) is 0 Å². The van der Waals surface area contributed by atoms with Gasteiger partial charge < -0.3 is 19.5 Å². The third-order valence-electron chi connectivity index (χ3n) is 3.82. The molecule has 0 saturated carbocycles. The lowest BCUT2D eigenvalue weighted by Crippen LogP contribution is -2.20. The Morgan fingerprint density at radius 2 is 1.64 bits per heavy atom. The molecule has 7 heteroatoms. The molecule has 0 radical (unpaired) electrons. The highest BCUT2D eigenvalue weighted by Gasteiger charge is 2.08. The first-order valence-electron chi connectivity index (χ1n) is 8.82. The van der Waals surface area contributed by atoms with Gasteiger partial charge >= 0.3 is 0 Å². The number of carbonyl (C=O) groups excluding carboxylic acids is 1. The van der Waals surface area contributed by atoms with Gasteiger partial charge in [0.1, 0.15) is 0 Å². The van der Waals surface area contributed by atoms with Gasteiger partial charge in [-0.1, -0.05) is 24.3 Å². The third kappa shape index (κ3) is 4.97. The van der Waals surface area contributed by atoms with Gasteiger partial charge in [-0.25, -0.2) is 0 Å². The number of rotatable bonds is 8. The van der Waals surface area contributed by atoms with Crippen LogP contribution in [0.1, 0.15) is 6.92 Å². The van der Waals surface area contributed by atoms with E-state index in [1.807, 2.05) is 37.3 Å². The van der Waals surface area contributed by atoms with Gasteiger partial charge in [0, 0.05) is 17.3 Å². The van der Waals surface area contributed by atoms with Crippen molar-refractivity contribution in [1.82, 2.24) is 10.2 Å². The number of carbonyl (C=O) groups is 1. The second-order valence-corrected chi connectivity index (χ2v) is 5.75. The lowest BCUT2D eigenvalue weighted by molar-refractivity contribution is -0.118. The molecule has 0 aliphatic heterocycles. The fraction of sp³-hybridized carbons (Fsp3) is 0.190. The molecule has 1 amide bonds. The van der Waals surface area contributed by atoms with E-state index in [2.05, 4.69) is 15.5 Å². The van der Waals surface area contributed by atoms with Gasteiger partial charge in [0.05, 0.1) is 19.4 Å². The van der Waals surface area contributed by atoms with Crippen LogP contribution in [0.25, 0.3) is 11.3 Å². The Labute approximate surface area is 163 Å². The van der Waals surface area contributed by atoms with Crippen molar-refractivity contribution in [2.24, 2.45) is 0 Å². The Balaban J connectivity index is 1.57. The molecule has 0 spiro atoms. The van der Waals surface area contributed by atoms with Gasteiger partial charge in [0.2, 0.25) is 5.88 Å². The molecular formula is C21H21N3O4. The molecule has 1 heterocycles. The van der Waals surface area contributed by atoms with Gasteiger partial charge in [-0.05, 0) is 37.3 Å². The molecule has 1 aromatic heterocycles. The Bertz CT molecular complexity index is 912. The van der Waals surface area contributed by atoms with Crippen LogP contribution in [0.3, 0.4) is 0 Å². The maximum Gasteiger partial charge on any atom is 0.262 e. The summed E-state index contributed by atoms with van der Waals surface area (Å²) in [6, 6.07) is 18.1. The SMILES string of the molecule is CCOc1ccccc1OCC(=O)Nc1ccc(-c2ccc(OC)nn2)cc1. The van der Waals surface area contributed by atoms with E-state index in [0.29, 0.717) is 29.7 Å². The lowest BCUT2D eigenvalue weighted by atomic mass is 10.1. The molecule has 0 bridgehead atoms. The smallest absolute Gasteiger partial charge is 0.262 e. The van der Waals surface area contributed by atoms with Crippen molar-refractivity contribution < 1.29 is 19.0 Å². The number of amides is 1. The zero-order valence-electron chi connectivity index (χ0n) is 15.7. The zero-order chi connectivity index (χ0) is 19.8. The number of nitrogens with one attached hydrogen (secondary N) is 1. The number of nitrogens with zero attached hydrogens (tertiary/aromatic N) is 2. The molecule has 0 atom stereocenters. The number of para-hydroxylation sites is 2. The molecule has 0 unspecified atom stereocenters. The standard InChI is InChI=1S/C21H21N3O4/c1-3-27-18-6-4-5-7-19(18)28-14-20(25)22-16-10-8-15(9-11-16)17-12-13-21(26-2)24-23-17/h4-13H,3,14H2,1-2H3,(H,22,25). The summed E-state index contributed by atoms with van der Waals surface area (Å²) in [7, 11) is 1.54. The highest BCUT2D eigenvalue weighted by atomic mass is 16.5. The van der Waals surface area contributed by atoms with Crippen molar-refractivity contribution in [1.29, 1.82) is 0 Å². The van der Waals surface area contributed by atoms with Crippen LogP contribution < -0.4 is 19.5 Å². The summed E-state index contributed by atoms with van der Waals surface area (Å²) in [5.41, 5.74) is 2.27. The molecule has 0 aliphatic rings. The highest BCUT2D eigenvalue weighted by Crippen LogP contribution is 2.26. The van der Waals surface area contributed by atoms with Crippen LogP contribution in [-0.4, -0.2) is 36.4 Å². The summed E-state index contributed by atoms with van der Waals surface area (Å²) in [6.45, 7) is 2.30. The predicted molar refractivity (Wildman–Crippen MR) is 106 cm³/mol. The van der Waals surface area contributed by atoms with E-state index < -0.39 is 0 Å². The first-order valence-corrected chi connectivity index (χ1v) is 8.82. The van der Waals surface area contributed by atoms with Crippen LogP contribution in [0.15, 0.2) is 60.7 Å². The van der Waals surface area contributed by atoms with Gasteiger partial charge in [-0.15, -0.1) is 10.2 Å². The second kappa shape index (κ2) is 9.36. The molecule has 0 saturated heterocycles. The number of anilines is 1. The second-order valence-electron chi connectivity index (χ2n) is 5.75.